The lowest BCUT2D eigenvalue weighted by Crippen LogP contribution is -2.23. The van der Waals surface area contributed by atoms with Crippen LogP contribution in [-0.2, 0) is 11.3 Å². The van der Waals surface area contributed by atoms with Gasteiger partial charge in [0.1, 0.15) is 0 Å². The number of hydrogen-bond donors (Lipinski definition) is 1. The van der Waals surface area contributed by atoms with Crippen LogP contribution in [0.1, 0.15) is 39.2 Å². The Morgan fingerprint density at radius 2 is 2.11 bits per heavy atom. The smallest absolute Gasteiger partial charge is 0.0744 e. The minimum atomic E-state index is 0.449. The second-order valence-corrected chi connectivity index (χ2v) is 7.35. The molecule has 106 valence electrons. The zero-order valence-corrected chi connectivity index (χ0v) is 13.9. The Balaban J connectivity index is 2.17. The zero-order chi connectivity index (χ0) is 14.0. The number of benzene rings is 1. The van der Waals surface area contributed by atoms with E-state index in [9.17, 15) is 0 Å². The zero-order valence-electron chi connectivity index (χ0n) is 12.3. The molecule has 19 heavy (non-hydrogen) atoms. The van der Waals surface area contributed by atoms with Gasteiger partial charge in [-0.3, -0.25) is 0 Å². The van der Waals surface area contributed by atoms with E-state index in [0.29, 0.717) is 24.0 Å². The molecule has 0 bridgehead atoms. The van der Waals surface area contributed by atoms with Gasteiger partial charge in [0.05, 0.1) is 6.61 Å². The second kappa shape index (κ2) is 5.84. The van der Waals surface area contributed by atoms with E-state index in [1.165, 1.54) is 24.1 Å². The molecule has 2 atom stereocenters. The van der Waals surface area contributed by atoms with E-state index >= 15 is 0 Å². The minimum Gasteiger partial charge on any atom is -0.382 e. The van der Waals surface area contributed by atoms with Crippen molar-refractivity contribution in [2.24, 2.45) is 11.3 Å². The fraction of sp³-hybridized carbons (Fsp3) is 0.625. The van der Waals surface area contributed by atoms with Crippen LogP contribution in [0.3, 0.4) is 0 Å². The van der Waals surface area contributed by atoms with Gasteiger partial charge >= 0.3 is 0 Å². The highest BCUT2D eigenvalue weighted by Crippen LogP contribution is 2.42. The minimum absolute atomic E-state index is 0.449. The Hall–Kier alpha value is -0.540. The summed E-state index contributed by atoms with van der Waals surface area (Å²) in [6.07, 6.45) is 2.52. The van der Waals surface area contributed by atoms with Gasteiger partial charge in [-0.05, 0) is 36.3 Å². The van der Waals surface area contributed by atoms with Crippen molar-refractivity contribution in [3.05, 3.63) is 28.2 Å². The standard InChI is InChI=1S/C16H24BrNO/c1-11-8-16(2,3)9-15(11)18-14-7-5-6-13(17)12(14)10-19-4/h5-7,11,15,18H,8-10H2,1-4H3. The van der Waals surface area contributed by atoms with E-state index in [0.717, 1.165) is 4.47 Å². The van der Waals surface area contributed by atoms with Gasteiger partial charge in [-0.2, -0.15) is 0 Å². The monoisotopic (exact) mass is 325 g/mol. The molecule has 1 aliphatic rings. The van der Waals surface area contributed by atoms with Crippen LogP contribution in [0.2, 0.25) is 0 Å². The number of methoxy groups -OCH3 is 1. The third kappa shape index (κ3) is 3.51. The van der Waals surface area contributed by atoms with Crippen molar-refractivity contribution in [1.82, 2.24) is 0 Å². The van der Waals surface area contributed by atoms with Crippen LogP contribution in [0.5, 0.6) is 0 Å². The van der Waals surface area contributed by atoms with Gasteiger partial charge < -0.3 is 10.1 Å². The highest BCUT2D eigenvalue weighted by molar-refractivity contribution is 9.10. The average Bonchev–Trinajstić information content (AvgIpc) is 2.57. The molecule has 0 radical (unpaired) electrons. The Morgan fingerprint density at radius 3 is 2.68 bits per heavy atom. The molecular weight excluding hydrogens is 302 g/mol. The van der Waals surface area contributed by atoms with Crippen LogP contribution in [0.25, 0.3) is 0 Å². The maximum Gasteiger partial charge on any atom is 0.0744 e. The van der Waals surface area contributed by atoms with Crippen molar-refractivity contribution in [2.45, 2.75) is 46.3 Å². The lowest BCUT2D eigenvalue weighted by atomic mass is 9.91. The first-order valence-corrected chi connectivity index (χ1v) is 7.75. The van der Waals surface area contributed by atoms with E-state index in [2.05, 4.69) is 60.2 Å². The molecule has 1 saturated carbocycles. The summed E-state index contributed by atoms with van der Waals surface area (Å²) in [5.74, 6) is 0.712. The first kappa shape index (κ1) is 14.9. The molecule has 0 aliphatic heterocycles. The Bertz CT molecular complexity index is 444. The molecule has 0 saturated heterocycles. The van der Waals surface area contributed by atoms with Crippen molar-refractivity contribution in [2.75, 3.05) is 12.4 Å². The number of halogens is 1. The molecule has 1 aromatic rings. The predicted octanol–water partition coefficient (Wildman–Crippen LogP) is 4.83. The summed E-state index contributed by atoms with van der Waals surface area (Å²) < 4.78 is 6.43. The van der Waals surface area contributed by atoms with Crippen molar-refractivity contribution in [1.29, 1.82) is 0 Å². The SMILES string of the molecule is COCc1c(Br)cccc1NC1CC(C)(C)CC1C. The van der Waals surface area contributed by atoms with Gasteiger partial charge in [0.25, 0.3) is 0 Å². The lowest BCUT2D eigenvalue weighted by Gasteiger charge is -2.22. The first-order chi connectivity index (χ1) is 8.93. The molecule has 1 aliphatic carbocycles. The predicted molar refractivity (Wildman–Crippen MR) is 84.4 cm³/mol. The van der Waals surface area contributed by atoms with Crippen molar-refractivity contribution >= 4 is 21.6 Å². The Morgan fingerprint density at radius 1 is 1.37 bits per heavy atom. The summed E-state index contributed by atoms with van der Waals surface area (Å²) in [6.45, 7) is 7.71. The fourth-order valence-electron chi connectivity index (χ4n) is 3.27. The number of rotatable bonds is 4. The van der Waals surface area contributed by atoms with Crippen molar-refractivity contribution in [3.63, 3.8) is 0 Å². The number of nitrogens with one attached hydrogen (secondary N) is 1. The van der Waals surface area contributed by atoms with Gasteiger partial charge in [-0.25, -0.2) is 0 Å². The molecule has 0 aromatic heterocycles. The largest absolute Gasteiger partial charge is 0.382 e. The van der Waals surface area contributed by atoms with Gasteiger partial charge in [0.15, 0.2) is 0 Å². The molecule has 1 fully saturated rings. The molecule has 1 aromatic carbocycles. The molecule has 3 heteroatoms. The summed E-state index contributed by atoms with van der Waals surface area (Å²) >= 11 is 3.62. The van der Waals surface area contributed by atoms with Crippen LogP contribution < -0.4 is 5.32 Å². The number of anilines is 1. The lowest BCUT2D eigenvalue weighted by molar-refractivity contribution is 0.185. The molecule has 1 N–H and O–H groups in total. The normalized spacial score (nSPS) is 25.5. The fourth-order valence-corrected chi connectivity index (χ4v) is 3.75. The van der Waals surface area contributed by atoms with Crippen LogP contribution in [0.4, 0.5) is 5.69 Å². The maximum absolute atomic E-state index is 5.31. The van der Waals surface area contributed by atoms with Gasteiger partial charge in [-0.1, -0.05) is 42.8 Å². The van der Waals surface area contributed by atoms with E-state index in [4.69, 9.17) is 4.74 Å². The summed E-state index contributed by atoms with van der Waals surface area (Å²) in [6, 6.07) is 6.86. The second-order valence-electron chi connectivity index (χ2n) is 6.50. The molecular formula is C16H24BrNO. The van der Waals surface area contributed by atoms with E-state index in [-0.39, 0.29) is 0 Å². The average molecular weight is 326 g/mol. The van der Waals surface area contributed by atoms with Crippen LogP contribution in [0, 0.1) is 11.3 Å². The highest BCUT2D eigenvalue weighted by atomic mass is 79.9. The highest BCUT2D eigenvalue weighted by Gasteiger charge is 2.36. The molecule has 0 heterocycles. The molecule has 2 nitrogen and oxygen atoms in total. The van der Waals surface area contributed by atoms with Gasteiger partial charge in [0.2, 0.25) is 0 Å². The quantitative estimate of drug-likeness (QED) is 0.855. The van der Waals surface area contributed by atoms with Gasteiger partial charge in [-0.15, -0.1) is 0 Å². The first-order valence-electron chi connectivity index (χ1n) is 6.96. The molecule has 2 rings (SSSR count). The van der Waals surface area contributed by atoms with Crippen molar-refractivity contribution < 1.29 is 4.74 Å². The van der Waals surface area contributed by atoms with E-state index in [1.54, 1.807) is 7.11 Å². The summed E-state index contributed by atoms with van der Waals surface area (Å²) in [4.78, 5) is 0. The summed E-state index contributed by atoms with van der Waals surface area (Å²) in [5.41, 5.74) is 2.86. The molecule has 2 unspecified atom stereocenters. The van der Waals surface area contributed by atoms with Crippen LogP contribution in [-0.4, -0.2) is 13.2 Å². The van der Waals surface area contributed by atoms with E-state index < -0.39 is 0 Å². The number of hydrogen-bond acceptors (Lipinski definition) is 2. The summed E-state index contributed by atoms with van der Waals surface area (Å²) in [7, 11) is 1.74. The summed E-state index contributed by atoms with van der Waals surface area (Å²) in [5, 5.41) is 3.73. The molecule has 0 spiro atoms. The van der Waals surface area contributed by atoms with Crippen LogP contribution >= 0.6 is 15.9 Å². The van der Waals surface area contributed by atoms with Crippen molar-refractivity contribution in [3.8, 4) is 0 Å². The third-order valence-electron chi connectivity index (χ3n) is 4.08. The van der Waals surface area contributed by atoms with Crippen LogP contribution in [0.15, 0.2) is 22.7 Å². The Labute approximate surface area is 125 Å². The third-order valence-corrected chi connectivity index (χ3v) is 4.83. The maximum atomic E-state index is 5.31. The topological polar surface area (TPSA) is 21.3 Å². The van der Waals surface area contributed by atoms with Gasteiger partial charge in [0, 0.05) is 28.9 Å². The number of ether oxygens (including phenoxy) is 1. The van der Waals surface area contributed by atoms with E-state index in [1.807, 2.05) is 0 Å². The Kier molecular flexibility index (Phi) is 4.57. The molecule has 0 amide bonds.